The lowest BCUT2D eigenvalue weighted by molar-refractivity contribution is -0.500. The van der Waals surface area contributed by atoms with Gasteiger partial charge < -0.3 is 14.8 Å². The van der Waals surface area contributed by atoms with Gasteiger partial charge in [0.05, 0.1) is 7.11 Å². The van der Waals surface area contributed by atoms with E-state index in [0.29, 0.717) is 23.2 Å². The maximum atomic E-state index is 5.89. The number of hydrazone groups is 1. The van der Waals surface area contributed by atoms with Crippen LogP contribution >= 0.6 is 12.2 Å². The van der Waals surface area contributed by atoms with Crippen LogP contribution in [0.4, 0.5) is 0 Å². The molecule has 25 heavy (non-hydrogen) atoms. The molecule has 2 rings (SSSR count). The minimum Gasteiger partial charge on any atom is -0.493 e. The number of methoxy groups -OCH3 is 1. The van der Waals surface area contributed by atoms with Gasteiger partial charge in [-0.3, -0.25) is 0 Å². The molecule has 0 atom stereocenters. The lowest BCUT2D eigenvalue weighted by Gasteiger charge is -2.11. The summed E-state index contributed by atoms with van der Waals surface area (Å²) in [6.45, 7) is 5.32. The van der Waals surface area contributed by atoms with Crippen molar-refractivity contribution in [1.82, 2.24) is 10.7 Å². The van der Waals surface area contributed by atoms with E-state index in [0.717, 1.165) is 17.7 Å². The van der Waals surface area contributed by atoms with Crippen molar-refractivity contribution < 1.29 is 14.6 Å². The molecule has 5 nitrogen and oxygen atoms in total. The van der Waals surface area contributed by atoms with Gasteiger partial charge >= 0.3 is 0 Å². The molecule has 3 N–H and O–H groups in total. The Labute approximate surface area is 154 Å². The predicted octanol–water partition coefficient (Wildman–Crippen LogP) is 1.48. The van der Waals surface area contributed by atoms with Crippen molar-refractivity contribution >= 4 is 23.5 Å². The standard InChI is InChI=1S/C19H23N3O2S/c1-4-20-19(25)22-21-12-15-8-9-17(18(11-15)23-3)24-13-16-7-5-6-14(2)10-16/h5-12H,4,13H2,1-3H3,(H2,20,22,25)/p+1. The Hall–Kier alpha value is -2.60. The second-order valence-electron chi connectivity index (χ2n) is 5.46. The highest BCUT2D eigenvalue weighted by Gasteiger charge is 2.07. The van der Waals surface area contributed by atoms with Gasteiger partial charge in [0.25, 0.3) is 0 Å². The maximum absolute atomic E-state index is 5.89. The van der Waals surface area contributed by atoms with Crippen molar-refractivity contribution in [2.45, 2.75) is 20.5 Å². The zero-order valence-corrected chi connectivity index (χ0v) is 15.6. The summed E-state index contributed by atoms with van der Waals surface area (Å²) in [4.78, 5) is 0. The highest BCUT2D eigenvalue weighted by molar-refractivity contribution is 7.80. The molecular weight excluding hydrogens is 334 g/mol. The van der Waals surface area contributed by atoms with Crippen molar-refractivity contribution in [3.8, 4) is 11.5 Å². The molecule has 0 unspecified atom stereocenters. The van der Waals surface area contributed by atoms with Crippen LogP contribution in [0.3, 0.4) is 0 Å². The van der Waals surface area contributed by atoms with E-state index >= 15 is 0 Å². The predicted molar refractivity (Wildman–Crippen MR) is 104 cm³/mol. The third-order valence-electron chi connectivity index (χ3n) is 3.43. The van der Waals surface area contributed by atoms with Crippen LogP contribution in [0.5, 0.6) is 11.5 Å². The number of aryl methyl sites for hydroxylation is 1. The van der Waals surface area contributed by atoms with Gasteiger partial charge in [-0.15, -0.1) is 10.5 Å². The Morgan fingerprint density at radius 3 is 2.76 bits per heavy atom. The lowest BCUT2D eigenvalue weighted by Crippen LogP contribution is -2.82. The molecule has 0 fully saturated rings. The SMILES string of the molecule is CCNC(=S)N[NH+]=Cc1ccc(OCc2cccc(C)c2)c(OC)c1. The molecule has 0 aromatic heterocycles. The van der Waals surface area contributed by atoms with Crippen molar-refractivity contribution in [1.29, 1.82) is 0 Å². The fourth-order valence-electron chi connectivity index (χ4n) is 2.25. The van der Waals surface area contributed by atoms with E-state index in [1.807, 2.05) is 37.3 Å². The molecule has 6 heteroatoms. The summed E-state index contributed by atoms with van der Waals surface area (Å²) < 4.78 is 11.3. The first kappa shape index (κ1) is 18.7. The van der Waals surface area contributed by atoms with E-state index < -0.39 is 0 Å². The minimum atomic E-state index is 0.498. The van der Waals surface area contributed by atoms with Crippen LogP contribution in [0, 0.1) is 6.92 Å². The maximum Gasteiger partial charge on any atom is 0.223 e. The van der Waals surface area contributed by atoms with E-state index in [2.05, 4.69) is 34.9 Å². The van der Waals surface area contributed by atoms with Crippen LogP contribution in [0.2, 0.25) is 0 Å². The van der Waals surface area contributed by atoms with Crippen molar-refractivity contribution in [2.24, 2.45) is 0 Å². The average Bonchev–Trinajstić information content (AvgIpc) is 2.60. The smallest absolute Gasteiger partial charge is 0.223 e. The molecule has 0 aliphatic rings. The Morgan fingerprint density at radius 2 is 2.04 bits per heavy atom. The molecule has 0 spiro atoms. The Bertz CT molecular complexity index is 747. The normalized spacial score (nSPS) is 10.5. The molecule has 0 heterocycles. The summed E-state index contributed by atoms with van der Waals surface area (Å²) >= 11 is 5.08. The van der Waals surface area contributed by atoms with Gasteiger partial charge in [0.2, 0.25) is 5.11 Å². The van der Waals surface area contributed by atoms with Crippen molar-refractivity contribution in [3.05, 3.63) is 59.2 Å². The fraction of sp³-hybridized carbons (Fsp3) is 0.263. The van der Waals surface area contributed by atoms with Gasteiger partial charge in [0.1, 0.15) is 6.61 Å². The molecule has 0 amide bonds. The van der Waals surface area contributed by atoms with E-state index in [4.69, 9.17) is 21.7 Å². The summed E-state index contributed by atoms with van der Waals surface area (Å²) in [5, 5.41) is 6.48. The number of thiocarbonyl (C=S) groups is 1. The van der Waals surface area contributed by atoms with E-state index in [1.54, 1.807) is 13.3 Å². The van der Waals surface area contributed by atoms with Crippen LogP contribution in [-0.2, 0) is 6.61 Å². The first-order valence-corrected chi connectivity index (χ1v) is 8.52. The second kappa shape index (κ2) is 9.64. The molecule has 0 aliphatic heterocycles. The summed E-state index contributed by atoms with van der Waals surface area (Å²) in [7, 11) is 1.63. The zero-order chi connectivity index (χ0) is 18.1. The van der Waals surface area contributed by atoms with E-state index in [1.165, 1.54) is 5.56 Å². The molecule has 2 aromatic carbocycles. The van der Waals surface area contributed by atoms with E-state index in [9.17, 15) is 0 Å². The fourth-order valence-corrected chi connectivity index (χ4v) is 2.45. The lowest BCUT2D eigenvalue weighted by atomic mass is 10.1. The Morgan fingerprint density at radius 1 is 1.20 bits per heavy atom. The molecule has 2 aromatic rings. The quantitative estimate of drug-likeness (QED) is 0.398. The molecule has 132 valence electrons. The highest BCUT2D eigenvalue weighted by atomic mass is 32.1. The molecule has 0 saturated heterocycles. The van der Waals surface area contributed by atoms with Gasteiger partial charge in [-0.1, -0.05) is 29.8 Å². The van der Waals surface area contributed by atoms with Crippen LogP contribution in [0.1, 0.15) is 23.6 Å². The molecule has 0 bridgehead atoms. The van der Waals surface area contributed by atoms with E-state index in [-0.39, 0.29) is 0 Å². The van der Waals surface area contributed by atoms with Gasteiger partial charge in [0, 0.05) is 12.1 Å². The third-order valence-corrected chi connectivity index (χ3v) is 3.67. The number of hydrogen-bond acceptors (Lipinski definition) is 3. The number of hydrazine groups is 1. The number of hydrogen-bond donors (Lipinski definition) is 3. The molecule has 0 radical (unpaired) electrons. The third kappa shape index (κ3) is 6.08. The number of rotatable bonds is 7. The van der Waals surface area contributed by atoms with Gasteiger partial charge in [-0.2, -0.15) is 0 Å². The monoisotopic (exact) mass is 358 g/mol. The topological polar surface area (TPSA) is 56.5 Å². The number of benzene rings is 2. The van der Waals surface area contributed by atoms with Gasteiger partial charge in [0.15, 0.2) is 17.7 Å². The van der Waals surface area contributed by atoms with Crippen LogP contribution in [0.15, 0.2) is 42.5 Å². The van der Waals surface area contributed by atoms with Crippen molar-refractivity contribution in [2.75, 3.05) is 13.7 Å². The van der Waals surface area contributed by atoms with Crippen molar-refractivity contribution in [3.63, 3.8) is 0 Å². The summed E-state index contributed by atoms with van der Waals surface area (Å²) in [6.07, 6.45) is 1.80. The Balaban J connectivity index is 2.01. The summed E-state index contributed by atoms with van der Waals surface area (Å²) in [5.74, 6) is 1.38. The first-order valence-electron chi connectivity index (χ1n) is 8.11. The van der Waals surface area contributed by atoms with Gasteiger partial charge in [-0.05, 0) is 49.8 Å². The Kier molecular flexibility index (Phi) is 7.22. The molecule has 0 saturated carbocycles. The molecule has 0 aliphatic carbocycles. The summed E-state index contributed by atoms with van der Waals surface area (Å²) in [6, 6.07) is 14.0. The van der Waals surface area contributed by atoms with Crippen LogP contribution in [-0.4, -0.2) is 25.0 Å². The zero-order valence-electron chi connectivity index (χ0n) is 14.8. The minimum absolute atomic E-state index is 0.498. The van der Waals surface area contributed by atoms with Crippen LogP contribution < -0.4 is 25.3 Å². The van der Waals surface area contributed by atoms with Gasteiger partial charge in [-0.25, -0.2) is 0 Å². The number of nitrogens with one attached hydrogen (secondary N) is 3. The second-order valence-corrected chi connectivity index (χ2v) is 5.87. The summed E-state index contributed by atoms with van der Waals surface area (Å²) in [5.41, 5.74) is 6.16. The first-order chi connectivity index (χ1) is 12.1. The molecular formula is C19H24N3O2S+. The largest absolute Gasteiger partial charge is 0.493 e. The average molecular weight is 358 g/mol. The highest BCUT2D eigenvalue weighted by Crippen LogP contribution is 2.28. The number of ether oxygens (including phenoxy) is 2. The van der Waals surface area contributed by atoms with Crippen LogP contribution in [0.25, 0.3) is 0 Å².